The molecule has 0 aliphatic carbocycles. The number of carbonyl (C=O) groups excluding carboxylic acids is 2. The average Bonchev–Trinajstić information content (AvgIpc) is 2.41. The summed E-state index contributed by atoms with van der Waals surface area (Å²) in [5, 5.41) is 0. The molecule has 0 aromatic heterocycles. The number of fused-ring (bicyclic) bond motifs is 1. The van der Waals surface area contributed by atoms with Gasteiger partial charge in [-0.15, -0.1) is 0 Å². The smallest absolute Gasteiger partial charge is 0.313 e. The van der Waals surface area contributed by atoms with Gasteiger partial charge >= 0.3 is 11.9 Å². The Morgan fingerprint density at radius 1 is 1.00 bits per heavy atom. The molecule has 2 atom stereocenters. The zero-order valence-electron chi connectivity index (χ0n) is 5.20. The van der Waals surface area contributed by atoms with Gasteiger partial charge in [-0.25, -0.2) is 0 Å². The molecule has 2 aliphatic heterocycles. The molecule has 2 saturated heterocycles. The number of cyclic esters (lactones) is 2. The van der Waals surface area contributed by atoms with E-state index in [2.05, 4.69) is 9.47 Å². The molecular weight excluding hydrogens is 136 g/mol. The third-order valence-electron chi connectivity index (χ3n) is 1.90. The summed E-state index contributed by atoms with van der Waals surface area (Å²) in [7, 11) is 0. The monoisotopic (exact) mass is 142 g/mol. The molecule has 2 aliphatic rings. The van der Waals surface area contributed by atoms with Crippen LogP contribution in [0.2, 0.25) is 0 Å². The van der Waals surface area contributed by atoms with Crippen LogP contribution in [0.1, 0.15) is 0 Å². The third-order valence-corrected chi connectivity index (χ3v) is 1.90. The number of carbonyl (C=O) groups is 2. The van der Waals surface area contributed by atoms with Gasteiger partial charge in [0.25, 0.3) is 0 Å². The fraction of sp³-hybridized carbons (Fsp3) is 0.667. The Morgan fingerprint density at radius 3 is 1.80 bits per heavy atom. The minimum atomic E-state index is -0.313. The zero-order valence-corrected chi connectivity index (χ0v) is 5.20. The van der Waals surface area contributed by atoms with E-state index in [4.69, 9.17) is 0 Å². The molecular formula is C6H6O4. The van der Waals surface area contributed by atoms with Crippen molar-refractivity contribution < 1.29 is 19.1 Å². The van der Waals surface area contributed by atoms with Crippen LogP contribution in [0.15, 0.2) is 0 Å². The Hall–Kier alpha value is -1.06. The summed E-state index contributed by atoms with van der Waals surface area (Å²) >= 11 is 0. The molecule has 0 unspecified atom stereocenters. The number of hydrogen-bond acceptors (Lipinski definition) is 4. The minimum absolute atomic E-state index is 0.211. The first-order valence-corrected chi connectivity index (χ1v) is 3.12. The number of rotatable bonds is 0. The van der Waals surface area contributed by atoms with Crippen LogP contribution < -0.4 is 0 Å². The molecule has 2 heterocycles. The fourth-order valence-electron chi connectivity index (χ4n) is 1.25. The van der Waals surface area contributed by atoms with E-state index in [0.717, 1.165) is 0 Å². The molecule has 0 aromatic rings. The lowest BCUT2D eigenvalue weighted by atomic mass is 10.00. The van der Waals surface area contributed by atoms with Crippen molar-refractivity contribution >= 4 is 11.9 Å². The zero-order chi connectivity index (χ0) is 7.14. The average molecular weight is 142 g/mol. The van der Waals surface area contributed by atoms with Crippen LogP contribution >= 0.6 is 0 Å². The predicted molar refractivity (Wildman–Crippen MR) is 28.9 cm³/mol. The highest BCUT2D eigenvalue weighted by Gasteiger charge is 2.47. The Kier molecular flexibility index (Phi) is 0.977. The molecule has 0 radical (unpaired) electrons. The van der Waals surface area contributed by atoms with E-state index in [-0.39, 0.29) is 37.0 Å². The second-order valence-electron chi connectivity index (χ2n) is 2.47. The quantitative estimate of drug-likeness (QED) is 0.421. The second kappa shape index (κ2) is 1.71. The van der Waals surface area contributed by atoms with Crippen molar-refractivity contribution in [2.24, 2.45) is 11.8 Å². The van der Waals surface area contributed by atoms with Gasteiger partial charge in [-0.05, 0) is 0 Å². The SMILES string of the molecule is O=C1OC[C@H]2C(=O)OC[C@@H]12. The van der Waals surface area contributed by atoms with Crippen LogP contribution in [0.25, 0.3) is 0 Å². The number of ether oxygens (including phenoxy) is 2. The molecule has 0 spiro atoms. The van der Waals surface area contributed by atoms with Crippen molar-refractivity contribution in [1.82, 2.24) is 0 Å². The molecule has 54 valence electrons. The number of esters is 2. The topological polar surface area (TPSA) is 52.6 Å². The van der Waals surface area contributed by atoms with Crippen LogP contribution in [-0.2, 0) is 19.1 Å². The Labute approximate surface area is 57.1 Å². The Balaban J connectivity index is 2.24. The lowest BCUT2D eigenvalue weighted by molar-refractivity contribution is -0.145. The van der Waals surface area contributed by atoms with Crippen LogP contribution in [0.3, 0.4) is 0 Å². The van der Waals surface area contributed by atoms with E-state index in [9.17, 15) is 9.59 Å². The summed E-state index contributed by atoms with van der Waals surface area (Å²) in [5.41, 5.74) is 0. The summed E-state index contributed by atoms with van der Waals surface area (Å²) in [6.45, 7) is 0.421. The van der Waals surface area contributed by atoms with Crippen LogP contribution in [0.4, 0.5) is 0 Å². The highest BCUT2D eigenvalue weighted by Crippen LogP contribution is 2.28. The van der Waals surface area contributed by atoms with Gasteiger partial charge in [-0.1, -0.05) is 0 Å². The third kappa shape index (κ3) is 0.558. The lowest BCUT2D eigenvalue weighted by Gasteiger charge is -1.94. The van der Waals surface area contributed by atoms with Gasteiger partial charge in [-0.2, -0.15) is 0 Å². The van der Waals surface area contributed by atoms with Gasteiger partial charge in [0.05, 0.1) is 0 Å². The van der Waals surface area contributed by atoms with Gasteiger partial charge in [-0.3, -0.25) is 9.59 Å². The lowest BCUT2D eigenvalue weighted by Crippen LogP contribution is -2.14. The maximum atomic E-state index is 10.7. The minimum Gasteiger partial charge on any atom is -0.464 e. The summed E-state index contributed by atoms with van der Waals surface area (Å²) in [6.07, 6.45) is 0. The summed E-state index contributed by atoms with van der Waals surface area (Å²) in [4.78, 5) is 21.5. The first kappa shape index (κ1) is 5.70. The molecule has 0 aromatic carbocycles. The Bertz CT molecular complexity index is 176. The highest BCUT2D eigenvalue weighted by atomic mass is 16.6. The Morgan fingerprint density at radius 2 is 1.40 bits per heavy atom. The maximum Gasteiger partial charge on any atom is 0.313 e. The van der Waals surface area contributed by atoms with E-state index in [1.807, 2.05) is 0 Å². The summed E-state index contributed by atoms with van der Waals surface area (Å²) in [6, 6.07) is 0. The summed E-state index contributed by atoms with van der Waals surface area (Å²) < 4.78 is 9.30. The van der Waals surface area contributed by atoms with Gasteiger partial charge in [0.2, 0.25) is 0 Å². The van der Waals surface area contributed by atoms with E-state index in [1.165, 1.54) is 0 Å². The van der Waals surface area contributed by atoms with E-state index >= 15 is 0 Å². The summed E-state index contributed by atoms with van der Waals surface area (Å²) in [5.74, 6) is -1.22. The van der Waals surface area contributed by atoms with E-state index in [1.54, 1.807) is 0 Å². The van der Waals surface area contributed by atoms with Crippen molar-refractivity contribution in [2.45, 2.75) is 0 Å². The van der Waals surface area contributed by atoms with Crippen LogP contribution in [0, 0.1) is 11.8 Å². The number of hydrogen-bond donors (Lipinski definition) is 0. The van der Waals surface area contributed by atoms with E-state index < -0.39 is 0 Å². The molecule has 4 heteroatoms. The standard InChI is InChI=1S/C6H6O4/c7-5-3-1-9-6(8)4(3)2-10-5/h3-4H,1-2H2/t3-,4-/m1/s1. The van der Waals surface area contributed by atoms with Crippen molar-refractivity contribution in [2.75, 3.05) is 13.2 Å². The highest BCUT2D eigenvalue weighted by molar-refractivity contribution is 5.87. The largest absolute Gasteiger partial charge is 0.464 e. The van der Waals surface area contributed by atoms with Crippen molar-refractivity contribution in [3.63, 3.8) is 0 Å². The van der Waals surface area contributed by atoms with Crippen molar-refractivity contribution in [3.8, 4) is 0 Å². The second-order valence-corrected chi connectivity index (χ2v) is 2.47. The van der Waals surface area contributed by atoms with Gasteiger partial charge in [0, 0.05) is 0 Å². The fourth-order valence-corrected chi connectivity index (χ4v) is 1.25. The van der Waals surface area contributed by atoms with Gasteiger partial charge < -0.3 is 9.47 Å². The van der Waals surface area contributed by atoms with Gasteiger partial charge in [0.1, 0.15) is 25.0 Å². The normalized spacial score (nSPS) is 37.2. The molecule has 2 fully saturated rings. The molecule has 0 bridgehead atoms. The molecule has 4 nitrogen and oxygen atoms in total. The molecule has 2 rings (SSSR count). The van der Waals surface area contributed by atoms with Crippen molar-refractivity contribution in [3.05, 3.63) is 0 Å². The van der Waals surface area contributed by atoms with E-state index in [0.29, 0.717) is 0 Å². The first-order chi connectivity index (χ1) is 4.79. The predicted octanol–water partition coefficient (Wildman–Crippen LogP) is -0.668. The van der Waals surface area contributed by atoms with Gasteiger partial charge in [0.15, 0.2) is 0 Å². The van der Waals surface area contributed by atoms with Crippen LogP contribution in [0.5, 0.6) is 0 Å². The molecule has 10 heavy (non-hydrogen) atoms. The first-order valence-electron chi connectivity index (χ1n) is 3.12. The molecule has 0 N–H and O–H groups in total. The maximum absolute atomic E-state index is 10.7. The molecule has 0 amide bonds. The van der Waals surface area contributed by atoms with Crippen LogP contribution in [-0.4, -0.2) is 25.2 Å². The molecule has 0 saturated carbocycles. The van der Waals surface area contributed by atoms with Crippen molar-refractivity contribution in [1.29, 1.82) is 0 Å².